The minimum absolute atomic E-state index is 0.0459. The lowest BCUT2D eigenvalue weighted by Crippen LogP contribution is -2.29. The van der Waals surface area contributed by atoms with Crippen LogP contribution >= 0.6 is 0 Å². The molecule has 0 N–H and O–H groups in total. The number of aryl methyl sites for hydroxylation is 2. The first kappa shape index (κ1) is 25.9. The maximum atomic E-state index is 13.9. The molecule has 0 saturated heterocycles. The zero-order valence-electron chi connectivity index (χ0n) is 22.2. The van der Waals surface area contributed by atoms with Gasteiger partial charge >= 0.3 is 0 Å². The van der Waals surface area contributed by atoms with E-state index in [1.165, 1.54) is 0 Å². The van der Waals surface area contributed by atoms with Crippen molar-refractivity contribution in [1.29, 1.82) is 0 Å². The van der Waals surface area contributed by atoms with Gasteiger partial charge in [0, 0.05) is 12.0 Å². The Morgan fingerprint density at radius 3 is 2.21 bits per heavy atom. The van der Waals surface area contributed by atoms with Gasteiger partial charge in [0.15, 0.2) is 11.9 Å². The van der Waals surface area contributed by atoms with Crippen molar-refractivity contribution in [2.75, 3.05) is 7.11 Å². The molecule has 198 valence electrons. The van der Waals surface area contributed by atoms with Gasteiger partial charge in [0.05, 0.1) is 24.9 Å². The summed E-state index contributed by atoms with van der Waals surface area (Å²) in [4.78, 5) is 22.7. The van der Waals surface area contributed by atoms with Crippen LogP contribution in [0.15, 0.2) is 82.1 Å². The largest absolute Gasteiger partial charge is 0.528 e. The molecule has 0 fully saturated rings. The Kier molecular flexibility index (Phi) is 7.54. The second kappa shape index (κ2) is 11.3. The van der Waals surface area contributed by atoms with Crippen molar-refractivity contribution in [3.05, 3.63) is 100 Å². The molecular weight excluding hydrogens is 492 g/mol. The number of benzene rings is 3. The Hall–Kier alpha value is -4.72. The predicted molar refractivity (Wildman–Crippen MR) is 148 cm³/mol. The lowest BCUT2D eigenvalue weighted by atomic mass is 9.98. The van der Waals surface area contributed by atoms with Crippen molar-refractivity contribution in [2.24, 2.45) is 0 Å². The van der Waals surface area contributed by atoms with Gasteiger partial charge in [-0.2, -0.15) is 5.16 Å². The Morgan fingerprint density at radius 1 is 0.897 bits per heavy atom. The van der Waals surface area contributed by atoms with Gasteiger partial charge in [0.2, 0.25) is 0 Å². The van der Waals surface area contributed by atoms with E-state index >= 15 is 0 Å². The van der Waals surface area contributed by atoms with Crippen molar-refractivity contribution in [2.45, 2.75) is 39.7 Å². The van der Waals surface area contributed by atoms with E-state index in [9.17, 15) is 9.90 Å². The number of nitrogens with zero attached hydrogens (tertiary/aromatic N) is 4. The highest BCUT2D eigenvalue weighted by atomic mass is 16.6. The van der Waals surface area contributed by atoms with Crippen LogP contribution in [0, 0.1) is 0 Å². The standard InChI is InChI=1S/C31H30N4O4/c1-4-8-27-32-26(5-2)28(22-15-17-23(38-3)18-16-22)30(36)35(27)19-20-11-13-21(14-12-20)24-9-6-7-10-25(24)29-33-31(37)39-34-29/h6-7,9-18H,4-5,8,19H2,1-3H3,(H,33,34,37)/p-1. The molecule has 0 saturated carbocycles. The highest BCUT2D eigenvalue weighted by Crippen LogP contribution is 2.31. The fourth-order valence-corrected chi connectivity index (χ4v) is 4.75. The summed E-state index contributed by atoms with van der Waals surface area (Å²) < 4.78 is 11.7. The molecule has 0 atom stereocenters. The first-order chi connectivity index (χ1) is 19.0. The number of hydrogen-bond acceptors (Lipinski definition) is 7. The molecule has 5 aromatic rings. The average Bonchev–Trinajstić information content (AvgIpc) is 3.41. The topological polar surface area (TPSA) is 106 Å². The molecule has 2 heterocycles. The Balaban J connectivity index is 1.52. The van der Waals surface area contributed by atoms with E-state index in [-0.39, 0.29) is 11.4 Å². The zero-order chi connectivity index (χ0) is 27.4. The van der Waals surface area contributed by atoms with Gasteiger partial charge in [-0.3, -0.25) is 9.36 Å². The Bertz CT molecular complexity index is 1640. The third-order valence-electron chi connectivity index (χ3n) is 6.69. The molecule has 8 heteroatoms. The normalized spacial score (nSPS) is 11.1. The summed E-state index contributed by atoms with van der Waals surface area (Å²) in [6, 6.07) is 23.1. The molecule has 2 aromatic heterocycles. The van der Waals surface area contributed by atoms with Crippen molar-refractivity contribution < 1.29 is 14.4 Å². The monoisotopic (exact) mass is 521 g/mol. The van der Waals surface area contributed by atoms with Crippen molar-refractivity contribution >= 4 is 0 Å². The quantitative estimate of drug-likeness (QED) is 0.260. The van der Waals surface area contributed by atoms with Gasteiger partial charge in [0.25, 0.3) is 5.56 Å². The van der Waals surface area contributed by atoms with Crippen LogP contribution in [0.4, 0.5) is 0 Å². The van der Waals surface area contributed by atoms with Gasteiger partial charge in [-0.15, -0.1) is 0 Å². The molecule has 0 spiro atoms. The van der Waals surface area contributed by atoms with Crippen LogP contribution in [-0.4, -0.2) is 26.8 Å². The average molecular weight is 522 g/mol. The summed E-state index contributed by atoms with van der Waals surface area (Å²) in [6.07, 6.45) is 1.54. The summed E-state index contributed by atoms with van der Waals surface area (Å²) in [5.74, 6) is 1.78. The van der Waals surface area contributed by atoms with E-state index in [1.54, 1.807) is 11.7 Å². The van der Waals surface area contributed by atoms with E-state index in [4.69, 9.17) is 9.72 Å². The second-order valence-corrected chi connectivity index (χ2v) is 9.20. The van der Waals surface area contributed by atoms with Crippen molar-refractivity contribution in [3.8, 4) is 45.5 Å². The van der Waals surface area contributed by atoms with Gasteiger partial charge in [-0.05, 0) is 47.2 Å². The highest BCUT2D eigenvalue weighted by molar-refractivity contribution is 5.80. The van der Waals surface area contributed by atoms with Crippen molar-refractivity contribution in [1.82, 2.24) is 19.7 Å². The molecule has 0 aliphatic rings. The maximum absolute atomic E-state index is 13.9. The molecule has 0 radical (unpaired) electrons. The lowest BCUT2D eigenvalue weighted by molar-refractivity contribution is -0.303. The van der Waals surface area contributed by atoms with E-state index in [0.29, 0.717) is 30.5 Å². The predicted octanol–water partition coefficient (Wildman–Crippen LogP) is 5.27. The fourth-order valence-electron chi connectivity index (χ4n) is 4.75. The number of hydrogen-bond donors (Lipinski definition) is 0. The number of ether oxygens (including phenoxy) is 1. The third-order valence-corrected chi connectivity index (χ3v) is 6.69. The Labute approximate surface area is 226 Å². The molecule has 0 aliphatic carbocycles. The molecule has 0 unspecified atom stereocenters. The summed E-state index contributed by atoms with van der Waals surface area (Å²) in [5.41, 5.74) is 5.72. The third kappa shape index (κ3) is 5.31. The molecule has 0 aliphatic heterocycles. The van der Waals surface area contributed by atoms with Crippen LogP contribution in [0.25, 0.3) is 33.6 Å². The molecule has 39 heavy (non-hydrogen) atoms. The molecule has 5 rings (SSSR count). The zero-order valence-corrected chi connectivity index (χ0v) is 22.2. The van der Waals surface area contributed by atoms with Crippen LogP contribution in [0.2, 0.25) is 0 Å². The number of methoxy groups -OCH3 is 1. The first-order valence-corrected chi connectivity index (χ1v) is 13.0. The summed E-state index contributed by atoms with van der Waals surface area (Å²) >= 11 is 0. The second-order valence-electron chi connectivity index (χ2n) is 9.20. The minimum atomic E-state index is -0.722. The highest BCUT2D eigenvalue weighted by Gasteiger charge is 2.18. The molecule has 3 aromatic carbocycles. The fraction of sp³-hybridized carbons (Fsp3) is 0.226. The van der Waals surface area contributed by atoms with E-state index in [0.717, 1.165) is 45.9 Å². The van der Waals surface area contributed by atoms with Crippen LogP contribution in [0.5, 0.6) is 11.8 Å². The smallest absolute Gasteiger partial charge is 0.261 e. The molecule has 0 amide bonds. The van der Waals surface area contributed by atoms with E-state index in [1.807, 2.05) is 79.7 Å². The summed E-state index contributed by atoms with van der Waals surface area (Å²) in [7, 11) is 1.62. The van der Waals surface area contributed by atoms with Crippen LogP contribution in [0.3, 0.4) is 0 Å². The summed E-state index contributed by atoms with van der Waals surface area (Å²) in [6.45, 7) is 4.52. The van der Waals surface area contributed by atoms with Crippen LogP contribution in [0.1, 0.15) is 37.4 Å². The lowest BCUT2D eigenvalue weighted by Gasteiger charge is -2.17. The number of aromatic nitrogens is 4. The minimum Gasteiger partial charge on any atom is -0.528 e. The van der Waals surface area contributed by atoms with E-state index in [2.05, 4.69) is 21.6 Å². The van der Waals surface area contributed by atoms with Gasteiger partial charge in [0.1, 0.15) is 11.6 Å². The van der Waals surface area contributed by atoms with Crippen LogP contribution in [-0.2, 0) is 19.4 Å². The molecular formula is C31H29N4O4-. The SMILES string of the molecule is CCCc1nc(CC)c(-c2ccc(OC)cc2)c(=O)n1Cc1ccc(-c2ccccc2-c2noc([O-])n2)cc1. The maximum Gasteiger partial charge on any atom is 0.261 e. The van der Waals surface area contributed by atoms with Crippen molar-refractivity contribution in [3.63, 3.8) is 0 Å². The van der Waals surface area contributed by atoms with Gasteiger partial charge < -0.3 is 14.4 Å². The van der Waals surface area contributed by atoms with E-state index < -0.39 is 6.08 Å². The Morgan fingerprint density at radius 2 is 1.59 bits per heavy atom. The van der Waals surface area contributed by atoms with Gasteiger partial charge in [-0.25, -0.2) is 9.97 Å². The van der Waals surface area contributed by atoms with Gasteiger partial charge in [-0.1, -0.05) is 74.5 Å². The first-order valence-electron chi connectivity index (χ1n) is 13.0. The van der Waals surface area contributed by atoms with Crippen LogP contribution < -0.4 is 15.4 Å². The summed E-state index contributed by atoms with van der Waals surface area (Å²) in [5, 5.41) is 15.2. The number of rotatable bonds is 9. The molecule has 8 nitrogen and oxygen atoms in total. The molecule has 0 bridgehead atoms.